The van der Waals surface area contributed by atoms with Gasteiger partial charge in [0, 0.05) is 25.0 Å². The molecule has 1 fully saturated rings. The highest BCUT2D eigenvalue weighted by Crippen LogP contribution is 2.22. The Kier molecular flexibility index (Phi) is 6.30. The maximum atomic E-state index is 9.05. The fourth-order valence-electron chi connectivity index (χ4n) is 2.29. The maximum Gasteiger partial charge on any atom is 0.0558 e. The molecule has 3 heteroatoms. The Morgan fingerprint density at radius 2 is 2.00 bits per heavy atom. The molecule has 0 amide bonds. The number of alkyl halides is 1. The van der Waals surface area contributed by atoms with Crippen LogP contribution in [0.4, 0.5) is 0 Å². The molecule has 1 aliphatic carbocycles. The molecular weight excluding hydrogens is 210 g/mol. The molecule has 0 aromatic rings. The molecule has 0 atom stereocenters. The Labute approximate surface area is 97.9 Å². The lowest BCUT2D eigenvalue weighted by atomic mass is 9.94. The molecule has 1 saturated carbocycles. The van der Waals surface area contributed by atoms with E-state index in [1.807, 2.05) is 0 Å². The van der Waals surface area contributed by atoms with Gasteiger partial charge in [0.15, 0.2) is 0 Å². The molecule has 0 aliphatic heterocycles. The number of aliphatic hydroxyl groups excluding tert-OH is 1. The summed E-state index contributed by atoms with van der Waals surface area (Å²) in [6.07, 6.45) is 6.52. The minimum absolute atomic E-state index is 0.228. The van der Waals surface area contributed by atoms with Gasteiger partial charge in [0.1, 0.15) is 0 Å². The van der Waals surface area contributed by atoms with Crippen molar-refractivity contribution in [2.75, 3.05) is 25.6 Å². The van der Waals surface area contributed by atoms with E-state index in [0.717, 1.165) is 18.7 Å². The Morgan fingerprint density at radius 1 is 1.33 bits per heavy atom. The van der Waals surface area contributed by atoms with Gasteiger partial charge >= 0.3 is 0 Å². The highest BCUT2D eigenvalue weighted by molar-refractivity contribution is 6.19. The van der Waals surface area contributed by atoms with E-state index in [2.05, 4.69) is 11.5 Å². The van der Waals surface area contributed by atoms with Crippen LogP contribution < -0.4 is 0 Å². The lowest BCUT2D eigenvalue weighted by molar-refractivity contribution is 0.134. The van der Waals surface area contributed by atoms with Gasteiger partial charge in [-0.2, -0.15) is 0 Å². The average Bonchev–Trinajstić information content (AvgIpc) is 2.29. The molecule has 0 saturated heterocycles. The fourth-order valence-corrected chi connectivity index (χ4v) is 2.38. The van der Waals surface area contributed by atoms with Crippen LogP contribution in [-0.4, -0.2) is 41.6 Å². The minimum atomic E-state index is 0.228. The van der Waals surface area contributed by atoms with Crippen molar-refractivity contribution < 1.29 is 5.11 Å². The number of hydrogen-bond acceptors (Lipinski definition) is 2. The number of rotatable bonds is 6. The first-order chi connectivity index (χ1) is 7.27. The van der Waals surface area contributed by atoms with E-state index >= 15 is 0 Å². The van der Waals surface area contributed by atoms with Gasteiger partial charge in [-0.1, -0.05) is 25.8 Å². The second kappa shape index (κ2) is 7.26. The third-order valence-electron chi connectivity index (χ3n) is 3.09. The van der Waals surface area contributed by atoms with E-state index in [-0.39, 0.29) is 6.61 Å². The number of hydrogen-bond donors (Lipinski definition) is 1. The van der Waals surface area contributed by atoms with Crippen molar-refractivity contribution in [1.29, 1.82) is 0 Å². The third kappa shape index (κ3) is 4.54. The highest BCUT2D eigenvalue weighted by atomic mass is 35.5. The van der Waals surface area contributed by atoms with Gasteiger partial charge in [-0.15, -0.1) is 11.6 Å². The van der Waals surface area contributed by atoms with Gasteiger partial charge in [0.25, 0.3) is 0 Å². The van der Waals surface area contributed by atoms with Crippen LogP contribution in [0.3, 0.4) is 0 Å². The van der Waals surface area contributed by atoms with Crippen LogP contribution in [0.25, 0.3) is 0 Å². The molecule has 88 valence electrons. The van der Waals surface area contributed by atoms with E-state index in [1.165, 1.54) is 32.1 Å². The van der Waals surface area contributed by atoms with Gasteiger partial charge < -0.3 is 5.11 Å². The van der Waals surface area contributed by atoms with E-state index < -0.39 is 0 Å². The Hall–Kier alpha value is -0.0500. The standard InChI is InChI=1S/C12H22ClNO/c1-11(9-13)10-14(7-8-15)12-5-3-2-4-6-12/h12,15H,1-10H2. The summed E-state index contributed by atoms with van der Waals surface area (Å²) in [5.41, 5.74) is 1.05. The van der Waals surface area contributed by atoms with Crippen LogP contribution in [0.2, 0.25) is 0 Å². The number of nitrogens with zero attached hydrogens (tertiary/aromatic N) is 1. The molecular formula is C12H22ClNO. The van der Waals surface area contributed by atoms with E-state index in [0.29, 0.717) is 11.9 Å². The smallest absolute Gasteiger partial charge is 0.0558 e. The van der Waals surface area contributed by atoms with Crippen LogP contribution in [0.1, 0.15) is 32.1 Å². The summed E-state index contributed by atoms with van der Waals surface area (Å²) in [6, 6.07) is 0.630. The first-order valence-electron chi connectivity index (χ1n) is 5.85. The van der Waals surface area contributed by atoms with Crippen molar-refractivity contribution in [3.63, 3.8) is 0 Å². The number of aliphatic hydroxyl groups is 1. The van der Waals surface area contributed by atoms with Crippen molar-refractivity contribution in [1.82, 2.24) is 4.90 Å². The summed E-state index contributed by atoms with van der Waals surface area (Å²) in [5.74, 6) is 0.522. The van der Waals surface area contributed by atoms with Crippen LogP contribution in [0.5, 0.6) is 0 Å². The SMILES string of the molecule is C=C(CCl)CN(CCO)C1CCCCC1. The zero-order chi connectivity index (χ0) is 11.1. The summed E-state index contributed by atoms with van der Waals surface area (Å²) in [5, 5.41) is 9.05. The molecule has 1 aliphatic rings. The second-order valence-corrected chi connectivity index (χ2v) is 4.64. The van der Waals surface area contributed by atoms with Crippen molar-refractivity contribution in [2.45, 2.75) is 38.1 Å². The predicted octanol–water partition coefficient (Wildman–Crippen LogP) is 2.41. The summed E-state index contributed by atoms with van der Waals surface area (Å²) in [6.45, 7) is 5.76. The van der Waals surface area contributed by atoms with Crippen LogP contribution >= 0.6 is 11.6 Å². The van der Waals surface area contributed by atoms with Crippen molar-refractivity contribution >= 4 is 11.6 Å². The van der Waals surface area contributed by atoms with Crippen molar-refractivity contribution in [3.8, 4) is 0 Å². The lowest BCUT2D eigenvalue weighted by Crippen LogP contribution is -2.40. The van der Waals surface area contributed by atoms with Gasteiger partial charge in [-0.3, -0.25) is 4.90 Å². The summed E-state index contributed by atoms with van der Waals surface area (Å²) >= 11 is 5.75. The Bertz CT molecular complexity index is 190. The molecule has 0 aromatic carbocycles. The first-order valence-corrected chi connectivity index (χ1v) is 6.39. The van der Waals surface area contributed by atoms with Crippen molar-refractivity contribution in [2.24, 2.45) is 0 Å². The molecule has 0 bridgehead atoms. The van der Waals surface area contributed by atoms with E-state index in [4.69, 9.17) is 16.7 Å². The van der Waals surface area contributed by atoms with E-state index in [1.54, 1.807) is 0 Å². The zero-order valence-electron chi connectivity index (χ0n) is 9.42. The van der Waals surface area contributed by atoms with Gasteiger partial charge in [-0.25, -0.2) is 0 Å². The topological polar surface area (TPSA) is 23.5 Å². The molecule has 1 N–H and O–H groups in total. The van der Waals surface area contributed by atoms with Crippen LogP contribution in [0, 0.1) is 0 Å². The zero-order valence-corrected chi connectivity index (χ0v) is 10.2. The Balaban J connectivity index is 2.43. The molecule has 0 spiro atoms. The van der Waals surface area contributed by atoms with Crippen LogP contribution in [-0.2, 0) is 0 Å². The summed E-state index contributed by atoms with van der Waals surface area (Å²) in [7, 11) is 0. The minimum Gasteiger partial charge on any atom is -0.395 e. The fraction of sp³-hybridized carbons (Fsp3) is 0.833. The summed E-state index contributed by atoms with van der Waals surface area (Å²) < 4.78 is 0. The van der Waals surface area contributed by atoms with Crippen molar-refractivity contribution in [3.05, 3.63) is 12.2 Å². The largest absolute Gasteiger partial charge is 0.395 e. The summed E-state index contributed by atoms with van der Waals surface area (Å²) in [4.78, 5) is 2.34. The third-order valence-corrected chi connectivity index (χ3v) is 3.47. The normalized spacial score (nSPS) is 18.3. The molecule has 0 heterocycles. The molecule has 0 unspecified atom stereocenters. The van der Waals surface area contributed by atoms with Crippen LogP contribution in [0.15, 0.2) is 12.2 Å². The second-order valence-electron chi connectivity index (χ2n) is 4.37. The monoisotopic (exact) mass is 231 g/mol. The average molecular weight is 232 g/mol. The van der Waals surface area contributed by atoms with Gasteiger partial charge in [0.05, 0.1) is 6.61 Å². The highest BCUT2D eigenvalue weighted by Gasteiger charge is 2.20. The quantitative estimate of drug-likeness (QED) is 0.561. The molecule has 2 nitrogen and oxygen atoms in total. The molecule has 15 heavy (non-hydrogen) atoms. The predicted molar refractivity (Wildman–Crippen MR) is 65.4 cm³/mol. The van der Waals surface area contributed by atoms with Gasteiger partial charge in [0.2, 0.25) is 0 Å². The molecule has 1 rings (SSSR count). The molecule has 0 aromatic heterocycles. The Morgan fingerprint density at radius 3 is 2.53 bits per heavy atom. The lowest BCUT2D eigenvalue weighted by Gasteiger charge is -2.34. The molecule has 0 radical (unpaired) electrons. The maximum absolute atomic E-state index is 9.05. The number of halogens is 1. The van der Waals surface area contributed by atoms with E-state index in [9.17, 15) is 0 Å². The van der Waals surface area contributed by atoms with Gasteiger partial charge in [-0.05, 0) is 18.4 Å². The first kappa shape index (κ1) is 13.0.